The molecule has 0 radical (unpaired) electrons. The lowest BCUT2D eigenvalue weighted by Crippen LogP contribution is -2.38. The summed E-state index contributed by atoms with van der Waals surface area (Å²) in [6.07, 6.45) is 0.867. The van der Waals surface area contributed by atoms with Crippen LogP contribution in [-0.4, -0.2) is 27.3 Å². The molecule has 2 aromatic rings. The third-order valence-electron chi connectivity index (χ3n) is 4.01. The molecule has 0 spiro atoms. The summed E-state index contributed by atoms with van der Waals surface area (Å²) >= 11 is 5.84. The predicted molar refractivity (Wildman–Crippen MR) is 93.7 cm³/mol. The van der Waals surface area contributed by atoms with Gasteiger partial charge in [0.15, 0.2) is 0 Å². The Morgan fingerprint density at radius 1 is 1.09 bits per heavy atom. The molecule has 1 amide bonds. The Morgan fingerprint density at radius 2 is 1.78 bits per heavy atom. The van der Waals surface area contributed by atoms with E-state index in [-0.39, 0.29) is 11.7 Å². The van der Waals surface area contributed by atoms with Crippen molar-refractivity contribution in [3.05, 3.63) is 70.2 Å². The molecule has 3 nitrogen and oxygen atoms in total. The first-order valence-electron chi connectivity index (χ1n) is 7.56. The summed E-state index contributed by atoms with van der Waals surface area (Å²) in [6, 6.07) is 15.4. The number of benzene rings is 2. The molecule has 0 saturated heterocycles. The number of carbonyl (C=O) groups is 1. The first-order chi connectivity index (χ1) is 11.1. The first-order valence-corrected chi connectivity index (χ1v) is 9.42. The van der Waals surface area contributed by atoms with Crippen LogP contribution in [0.5, 0.6) is 0 Å². The van der Waals surface area contributed by atoms with Gasteiger partial charge in [-0.15, -0.1) is 0 Å². The number of halogens is 1. The van der Waals surface area contributed by atoms with Crippen LogP contribution in [-0.2, 0) is 34.3 Å². The summed E-state index contributed by atoms with van der Waals surface area (Å²) in [7, 11) is -1.20. The second kappa shape index (κ2) is 7.28. The molecule has 5 heteroatoms. The van der Waals surface area contributed by atoms with E-state index in [4.69, 9.17) is 11.6 Å². The van der Waals surface area contributed by atoms with Gasteiger partial charge >= 0.3 is 0 Å². The smallest absolute Gasteiger partial charge is 0.235 e. The van der Waals surface area contributed by atoms with Crippen LogP contribution in [0.15, 0.2) is 48.5 Å². The zero-order valence-electron chi connectivity index (χ0n) is 12.7. The maximum absolute atomic E-state index is 12.4. The lowest BCUT2D eigenvalue weighted by molar-refractivity contribution is -0.129. The van der Waals surface area contributed by atoms with Crippen molar-refractivity contribution >= 4 is 28.3 Å². The number of amides is 1. The average Bonchev–Trinajstić information content (AvgIpc) is 2.56. The largest absolute Gasteiger partial charge is 0.337 e. The van der Waals surface area contributed by atoms with Gasteiger partial charge in [0.05, 0.1) is 0 Å². The number of hydrogen-bond donors (Lipinski definition) is 0. The Labute approximate surface area is 143 Å². The van der Waals surface area contributed by atoms with Gasteiger partial charge in [0.2, 0.25) is 5.91 Å². The lowest BCUT2D eigenvalue weighted by Gasteiger charge is -2.28. The van der Waals surface area contributed by atoms with E-state index in [2.05, 4.69) is 12.1 Å². The fourth-order valence-electron chi connectivity index (χ4n) is 2.76. The molecule has 0 aliphatic carbocycles. The highest BCUT2D eigenvalue weighted by atomic mass is 35.5. The Kier molecular flexibility index (Phi) is 5.13. The van der Waals surface area contributed by atoms with Gasteiger partial charge in [0.1, 0.15) is 5.75 Å². The summed E-state index contributed by atoms with van der Waals surface area (Å²) in [5.41, 5.74) is 3.43. The van der Waals surface area contributed by atoms with E-state index in [0.29, 0.717) is 23.9 Å². The predicted octanol–water partition coefficient (Wildman–Crippen LogP) is 3.17. The number of rotatable bonds is 4. The molecule has 120 valence electrons. The second-order valence-corrected chi connectivity index (χ2v) is 7.58. The third kappa shape index (κ3) is 4.21. The molecule has 1 atom stereocenters. The van der Waals surface area contributed by atoms with E-state index in [9.17, 15) is 9.00 Å². The molecule has 0 unspecified atom stereocenters. The zero-order chi connectivity index (χ0) is 16.2. The summed E-state index contributed by atoms with van der Waals surface area (Å²) in [5.74, 6) is 0.421. The van der Waals surface area contributed by atoms with Gasteiger partial charge in [-0.25, -0.2) is 0 Å². The van der Waals surface area contributed by atoms with Crippen LogP contribution in [0.1, 0.15) is 16.7 Å². The maximum Gasteiger partial charge on any atom is 0.235 e. The van der Waals surface area contributed by atoms with Crippen molar-refractivity contribution in [2.75, 3.05) is 12.3 Å². The maximum atomic E-state index is 12.4. The first kappa shape index (κ1) is 16.2. The van der Waals surface area contributed by atoms with E-state index in [1.807, 2.05) is 29.2 Å². The summed E-state index contributed by atoms with van der Waals surface area (Å²) < 4.78 is 12.2. The highest BCUT2D eigenvalue weighted by Gasteiger charge is 2.21. The number of hydrogen-bond acceptors (Lipinski definition) is 2. The molecule has 0 aromatic heterocycles. The van der Waals surface area contributed by atoms with Crippen molar-refractivity contribution in [3.63, 3.8) is 0 Å². The number of fused-ring (bicyclic) bond motifs is 1. The minimum atomic E-state index is -1.20. The van der Waals surface area contributed by atoms with Crippen molar-refractivity contribution in [1.29, 1.82) is 0 Å². The summed E-state index contributed by atoms with van der Waals surface area (Å²) in [6.45, 7) is 1.32. The number of carbonyl (C=O) groups excluding carboxylic acids is 1. The van der Waals surface area contributed by atoms with Crippen LogP contribution in [0, 0.1) is 0 Å². The average molecular weight is 348 g/mol. The molecular weight excluding hydrogens is 330 g/mol. The zero-order valence-corrected chi connectivity index (χ0v) is 14.3. The van der Waals surface area contributed by atoms with Gasteiger partial charge in [-0.1, -0.05) is 48.0 Å². The van der Waals surface area contributed by atoms with E-state index in [1.54, 1.807) is 12.1 Å². The molecule has 23 heavy (non-hydrogen) atoms. The fourth-order valence-corrected chi connectivity index (χ4v) is 4.01. The monoisotopic (exact) mass is 347 g/mol. The SMILES string of the molecule is O=C(C[S@](=O)Cc1ccc(Cl)cc1)N1CCc2ccccc2C1. The van der Waals surface area contributed by atoms with Gasteiger partial charge in [0, 0.05) is 34.7 Å². The fraction of sp³-hybridized carbons (Fsp3) is 0.278. The van der Waals surface area contributed by atoms with E-state index >= 15 is 0 Å². The normalized spacial score (nSPS) is 15.1. The van der Waals surface area contributed by atoms with Crippen LogP contribution >= 0.6 is 11.6 Å². The molecule has 3 rings (SSSR count). The lowest BCUT2D eigenvalue weighted by atomic mass is 10.00. The number of nitrogens with zero attached hydrogens (tertiary/aromatic N) is 1. The molecular formula is C18H18ClNO2S. The van der Waals surface area contributed by atoms with Crippen LogP contribution in [0.4, 0.5) is 0 Å². The van der Waals surface area contributed by atoms with Crippen molar-refractivity contribution in [1.82, 2.24) is 4.90 Å². The van der Waals surface area contributed by atoms with Crippen molar-refractivity contribution in [2.45, 2.75) is 18.7 Å². The van der Waals surface area contributed by atoms with E-state index in [1.165, 1.54) is 11.1 Å². The Balaban J connectivity index is 1.57. The highest BCUT2D eigenvalue weighted by molar-refractivity contribution is 7.84. The Morgan fingerprint density at radius 3 is 2.52 bits per heavy atom. The minimum absolute atomic E-state index is 0.0354. The molecule has 0 saturated carbocycles. The molecule has 0 bridgehead atoms. The van der Waals surface area contributed by atoms with Crippen LogP contribution < -0.4 is 0 Å². The molecule has 1 aliphatic rings. The summed E-state index contributed by atoms with van der Waals surface area (Å²) in [5, 5.41) is 0.655. The molecule has 0 N–H and O–H groups in total. The van der Waals surface area contributed by atoms with Gasteiger partial charge in [-0.2, -0.15) is 0 Å². The molecule has 2 aromatic carbocycles. The van der Waals surface area contributed by atoms with Gasteiger partial charge in [0.25, 0.3) is 0 Å². The van der Waals surface area contributed by atoms with Crippen molar-refractivity contribution in [2.24, 2.45) is 0 Å². The van der Waals surface area contributed by atoms with Gasteiger partial charge < -0.3 is 4.90 Å². The third-order valence-corrected chi connectivity index (χ3v) is 5.48. The highest BCUT2D eigenvalue weighted by Crippen LogP contribution is 2.19. The van der Waals surface area contributed by atoms with Crippen molar-refractivity contribution in [3.8, 4) is 0 Å². The topological polar surface area (TPSA) is 37.4 Å². The molecule has 1 heterocycles. The Hall–Kier alpha value is -1.65. The quantitative estimate of drug-likeness (QED) is 0.851. The van der Waals surface area contributed by atoms with Gasteiger partial charge in [-0.05, 0) is 35.2 Å². The van der Waals surface area contributed by atoms with Crippen LogP contribution in [0.25, 0.3) is 0 Å². The molecule has 0 fully saturated rings. The molecule has 1 aliphatic heterocycles. The Bertz CT molecular complexity index is 730. The second-order valence-electron chi connectivity index (χ2n) is 5.69. The minimum Gasteiger partial charge on any atom is -0.337 e. The van der Waals surface area contributed by atoms with E-state index < -0.39 is 10.8 Å². The standard InChI is InChI=1S/C18H18ClNO2S/c19-17-7-5-14(6-8-17)12-23(22)13-18(21)20-10-9-15-3-1-2-4-16(15)11-20/h1-8H,9-13H2/t23-/m1/s1. The van der Waals surface area contributed by atoms with Gasteiger partial charge in [-0.3, -0.25) is 9.00 Å². The van der Waals surface area contributed by atoms with E-state index in [0.717, 1.165) is 12.0 Å². The summed E-state index contributed by atoms with van der Waals surface area (Å²) in [4.78, 5) is 14.2. The van der Waals surface area contributed by atoms with Crippen LogP contribution in [0.3, 0.4) is 0 Å². The van der Waals surface area contributed by atoms with Crippen molar-refractivity contribution < 1.29 is 9.00 Å². The van der Waals surface area contributed by atoms with Crippen LogP contribution in [0.2, 0.25) is 5.02 Å².